The van der Waals surface area contributed by atoms with E-state index in [0.717, 1.165) is 0 Å². The molecule has 1 fully saturated rings. The Kier molecular flexibility index (Phi) is 8.20. The van der Waals surface area contributed by atoms with Crippen LogP contribution in [0.15, 0.2) is 0 Å². The Labute approximate surface area is 131 Å². The lowest BCUT2D eigenvalue weighted by Gasteiger charge is -2.31. The zero-order valence-corrected chi connectivity index (χ0v) is 12.2. The van der Waals surface area contributed by atoms with Gasteiger partial charge in [0.2, 0.25) is 0 Å². The normalized spacial score (nSPS) is 34.8. The molecule has 1 saturated heterocycles. The highest BCUT2D eigenvalue weighted by atomic mass is 16.7. The summed E-state index contributed by atoms with van der Waals surface area (Å²) in [5.41, 5.74) is 0. The monoisotopic (exact) mass is 344 g/mol. The first kappa shape index (κ1) is 20.6. The molecule has 1 aliphatic rings. The van der Waals surface area contributed by atoms with Gasteiger partial charge >= 0.3 is 0 Å². The second-order valence-electron chi connectivity index (χ2n) is 5.29. The molecule has 1 aliphatic heterocycles. The van der Waals surface area contributed by atoms with Crippen molar-refractivity contribution >= 4 is 0 Å². The van der Waals surface area contributed by atoms with Gasteiger partial charge in [0.05, 0.1) is 19.8 Å². The van der Waals surface area contributed by atoms with Crippen molar-refractivity contribution in [2.45, 2.75) is 55.1 Å². The number of hydrogen-bond acceptors (Lipinski definition) is 11. The Morgan fingerprint density at radius 2 is 1.39 bits per heavy atom. The second-order valence-corrected chi connectivity index (χ2v) is 5.29. The molecule has 0 amide bonds. The molecule has 0 saturated carbocycles. The van der Waals surface area contributed by atoms with Gasteiger partial charge in [-0.15, -0.1) is 0 Å². The third kappa shape index (κ3) is 4.78. The van der Waals surface area contributed by atoms with Gasteiger partial charge in [0, 0.05) is 0 Å². The largest absolute Gasteiger partial charge is 0.394 e. The molecule has 0 unspecified atom stereocenters. The number of aliphatic hydroxyl groups is 9. The highest BCUT2D eigenvalue weighted by molar-refractivity contribution is 4.92. The summed E-state index contributed by atoms with van der Waals surface area (Å²) < 4.78 is 10.1. The fraction of sp³-hybridized carbons (Fsp3) is 1.00. The average Bonchev–Trinajstić information content (AvgIpc) is 2.85. The van der Waals surface area contributed by atoms with E-state index in [1.807, 2.05) is 0 Å². The first-order valence-electron chi connectivity index (χ1n) is 7.00. The van der Waals surface area contributed by atoms with E-state index < -0.39 is 74.9 Å². The van der Waals surface area contributed by atoms with Crippen molar-refractivity contribution in [3.8, 4) is 0 Å². The highest BCUT2D eigenvalue weighted by Crippen LogP contribution is 2.27. The zero-order chi connectivity index (χ0) is 17.7. The lowest BCUT2D eigenvalue weighted by Crippen LogP contribution is -2.51. The first-order valence-corrected chi connectivity index (χ1v) is 7.00. The SMILES string of the molecule is OC[C@@H](O)[C@H](O)[C@H](O[C@@H]1O[C@@H]([C@H](O)CO)[C@H](O)[C@H]1O)[C@H](O)CO. The summed E-state index contributed by atoms with van der Waals surface area (Å²) in [6, 6.07) is 0. The van der Waals surface area contributed by atoms with Crippen LogP contribution in [-0.2, 0) is 9.47 Å². The minimum atomic E-state index is -1.84. The lowest BCUT2D eigenvalue weighted by molar-refractivity contribution is -0.248. The molecule has 1 rings (SSSR count). The van der Waals surface area contributed by atoms with E-state index in [0.29, 0.717) is 0 Å². The van der Waals surface area contributed by atoms with Crippen molar-refractivity contribution in [3.63, 3.8) is 0 Å². The average molecular weight is 344 g/mol. The van der Waals surface area contributed by atoms with Crippen LogP contribution in [0.2, 0.25) is 0 Å². The van der Waals surface area contributed by atoms with Crippen LogP contribution < -0.4 is 0 Å². The van der Waals surface area contributed by atoms with E-state index in [9.17, 15) is 30.6 Å². The fourth-order valence-corrected chi connectivity index (χ4v) is 2.19. The second kappa shape index (κ2) is 9.15. The Hall–Kier alpha value is -0.440. The lowest BCUT2D eigenvalue weighted by atomic mass is 10.0. The van der Waals surface area contributed by atoms with E-state index in [1.165, 1.54) is 0 Å². The van der Waals surface area contributed by atoms with E-state index in [4.69, 9.17) is 24.8 Å². The molecule has 0 aromatic rings. The molecule has 11 nitrogen and oxygen atoms in total. The maximum Gasteiger partial charge on any atom is 0.187 e. The van der Waals surface area contributed by atoms with Gasteiger partial charge in [0.1, 0.15) is 48.8 Å². The van der Waals surface area contributed by atoms with Crippen molar-refractivity contribution in [2.24, 2.45) is 0 Å². The molecule has 0 bridgehead atoms. The predicted octanol–water partition coefficient (Wildman–Crippen LogP) is -5.76. The summed E-state index contributed by atoms with van der Waals surface area (Å²) in [5, 5.41) is 84.6. The van der Waals surface area contributed by atoms with E-state index >= 15 is 0 Å². The van der Waals surface area contributed by atoms with E-state index in [1.54, 1.807) is 0 Å². The van der Waals surface area contributed by atoms with Gasteiger partial charge in [0.25, 0.3) is 0 Å². The van der Waals surface area contributed by atoms with Crippen molar-refractivity contribution in [1.29, 1.82) is 0 Å². The molecule has 9 atom stereocenters. The van der Waals surface area contributed by atoms with Crippen molar-refractivity contribution in [2.75, 3.05) is 19.8 Å². The van der Waals surface area contributed by atoms with Gasteiger partial charge in [0.15, 0.2) is 6.29 Å². The number of hydrogen-bond donors (Lipinski definition) is 9. The third-order valence-electron chi connectivity index (χ3n) is 3.60. The molecule has 0 radical (unpaired) electrons. The van der Waals surface area contributed by atoms with Gasteiger partial charge in [-0.3, -0.25) is 0 Å². The summed E-state index contributed by atoms with van der Waals surface area (Å²) in [4.78, 5) is 0. The van der Waals surface area contributed by atoms with Gasteiger partial charge < -0.3 is 55.4 Å². The smallest absolute Gasteiger partial charge is 0.187 e. The van der Waals surface area contributed by atoms with E-state index in [2.05, 4.69) is 0 Å². The van der Waals surface area contributed by atoms with Crippen LogP contribution in [0.25, 0.3) is 0 Å². The Morgan fingerprint density at radius 1 is 0.826 bits per heavy atom. The maximum absolute atomic E-state index is 9.82. The molecular weight excluding hydrogens is 320 g/mol. The molecule has 0 spiro atoms. The van der Waals surface area contributed by atoms with Gasteiger partial charge in [-0.2, -0.15) is 0 Å². The maximum atomic E-state index is 9.82. The molecule has 138 valence electrons. The Balaban J connectivity index is 2.83. The standard InChI is InChI=1S/C12H24O11/c13-1-4(16)7(19)10(5(17)2-14)22-12-9(21)8(20)11(23-12)6(18)3-15/h4-21H,1-3H2/t4-,5-,6-,7+,8-,9-,10-,11+,12-/m1/s1. The molecule has 23 heavy (non-hydrogen) atoms. The summed E-state index contributed by atoms with van der Waals surface area (Å²) in [6.07, 6.45) is -14.7. The summed E-state index contributed by atoms with van der Waals surface area (Å²) in [5.74, 6) is 0. The molecule has 0 aromatic heterocycles. The third-order valence-corrected chi connectivity index (χ3v) is 3.60. The molecule has 0 aliphatic carbocycles. The quantitative estimate of drug-likeness (QED) is 0.193. The topological polar surface area (TPSA) is 201 Å². The Bertz CT molecular complexity index is 343. The zero-order valence-electron chi connectivity index (χ0n) is 12.2. The van der Waals surface area contributed by atoms with Crippen LogP contribution in [0.5, 0.6) is 0 Å². The van der Waals surface area contributed by atoms with E-state index in [-0.39, 0.29) is 0 Å². The van der Waals surface area contributed by atoms with Crippen LogP contribution in [0.3, 0.4) is 0 Å². The minimum Gasteiger partial charge on any atom is -0.394 e. The van der Waals surface area contributed by atoms with Crippen LogP contribution in [0.4, 0.5) is 0 Å². The van der Waals surface area contributed by atoms with Crippen LogP contribution in [0.1, 0.15) is 0 Å². The minimum absolute atomic E-state index is 0.754. The van der Waals surface area contributed by atoms with Gasteiger partial charge in [-0.05, 0) is 0 Å². The highest BCUT2D eigenvalue weighted by Gasteiger charge is 2.48. The van der Waals surface area contributed by atoms with Gasteiger partial charge in [-0.1, -0.05) is 0 Å². The molecular formula is C12H24O11. The number of ether oxygens (including phenoxy) is 2. The number of rotatable bonds is 9. The molecule has 11 heteroatoms. The van der Waals surface area contributed by atoms with Crippen molar-refractivity contribution < 1.29 is 55.4 Å². The van der Waals surface area contributed by atoms with Crippen LogP contribution in [0, 0.1) is 0 Å². The van der Waals surface area contributed by atoms with Crippen LogP contribution >= 0.6 is 0 Å². The summed E-state index contributed by atoms with van der Waals surface area (Å²) >= 11 is 0. The van der Waals surface area contributed by atoms with Gasteiger partial charge in [-0.25, -0.2) is 0 Å². The van der Waals surface area contributed by atoms with Crippen molar-refractivity contribution in [1.82, 2.24) is 0 Å². The molecule has 0 aromatic carbocycles. The van der Waals surface area contributed by atoms with Crippen molar-refractivity contribution in [3.05, 3.63) is 0 Å². The fourth-order valence-electron chi connectivity index (χ4n) is 2.19. The molecule has 1 heterocycles. The Morgan fingerprint density at radius 3 is 1.87 bits per heavy atom. The first-order chi connectivity index (χ1) is 10.8. The number of aliphatic hydroxyl groups excluding tert-OH is 9. The predicted molar refractivity (Wildman–Crippen MR) is 70.8 cm³/mol. The van der Waals surface area contributed by atoms with Crippen LogP contribution in [-0.4, -0.2) is 121 Å². The summed E-state index contributed by atoms with van der Waals surface area (Å²) in [7, 11) is 0. The summed E-state index contributed by atoms with van der Waals surface area (Å²) in [6.45, 7) is -2.48. The molecule has 9 N–H and O–H groups in total.